The summed E-state index contributed by atoms with van der Waals surface area (Å²) in [6.07, 6.45) is -0.518. The molecule has 5 nitrogen and oxygen atoms in total. The van der Waals surface area contributed by atoms with Gasteiger partial charge in [0.15, 0.2) is 6.10 Å². The van der Waals surface area contributed by atoms with Gasteiger partial charge in [-0.3, -0.25) is 4.79 Å². The first-order valence-electron chi connectivity index (χ1n) is 6.75. The second kappa shape index (κ2) is 6.52. The van der Waals surface area contributed by atoms with Gasteiger partial charge in [0.1, 0.15) is 0 Å². The number of carboxylic acids is 1. The van der Waals surface area contributed by atoms with E-state index in [0.29, 0.717) is 13.0 Å². The lowest BCUT2D eigenvalue weighted by molar-refractivity contribution is -0.159. The van der Waals surface area contributed by atoms with Crippen LogP contribution >= 0.6 is 0 Å². The second-order valence-corrected chi connectivity index (χ2v) is 5.05. The number of carbonyl (C=O) groups is 2. The number of hydrogen-bond donors (Lipinski definition) is 1. The lowest BCUT2D eigenvalue weighted by Crippen LogP contribution is -2.48. The highest BCUT2D eigenvalue weighted by Gasteiger charge is 2.29. The molecule has 20 heavy (non-hydrogen) atoms. The van der Waals surface area contributed by atoms with E-state index in [1.165, 1.54) is 0 Å². The third kappa shape index (κ3) is 3.57. The zero-order valence-electron chi connectivity index (χ0n) is 11.5. The molecule has 2 rings (SSSR count). The van der Waals surface area contributed by atoms with Gasteiger partial charge < -0.3 is 14.7 Å². The summed E-state index contributed by atoms with van der Waals surface area (Å²) < 4.78 is 5.12. The Morgan fingerprint density at radius 2 is 2.10 bits per heavy atom. The van der Waals surface area contributed by atoms with Crippen LogP contribution in [0.1, 0.15) is 24.8 Å². The van der Waals surface area contributed by atoms with E-state index in [1.54, 1.807) is 4.90 Å². The Morgan fingerprint density at radius 1 is 1.40 bits per heavy atom. The molecule has 1 fully saturated rings. The van der Waals surface area contributed by atoms with E-state index in [-0.39, 0.29) is 25.0 Å². The van der Waals surface area contributed by atoms with Gasteiger partial charge in [-0.15, -0.1) is 0 Å². The quantitative estimate of drug-likeness (QED) is 0.905. The number of amides is 1. The SMILES string of the molecule is CC(CC(=O)N1CCOC(C(=O)O)C1)c1ccccc1. The molecule has 0 saturated carbocycles. The van der Waals surface area contributed by atoms with E-state index in [9.17, 15) is 9.59 Å². The van der Waals surface area contributed by atoms with Crippen LogP contribution in [0.4, 0.5) is 0 Å². The molecule has 0 bridgehead atoms. The number of hydrogen-bond acceptors (Lipinski definition) is 3. The van der Waals surface area contributed by atoms with Gasteiger partial charge in [0.25, 0.3) is 0 Å². The molecule has 1 amide bonds. The summed E-state index contributed by atoms with van der Waals surface area (Å²) in [4.78, 5) is 24.7. The normalized spacial score (nSPS) is 20.4. The van der Waals surface area contributed by atoms with Gasteiger partial charge in [-0.1, -0.05) is 37.3 Å². The van der Waals surface area contributed by atoms with Gasteiger partial charge >= 0.3 is 5.97 Å². The van der Waals surface area contributed by atoms with Gasteiger partial charge in [-0.05, 0) is 11.5 Å². The molecule has 0 radical (unpaired) electrons. The topological polar surface area (TPSA) is 66.8 Å². The summed E-state index contributed by atoms with van der Waals surface area (Å²) in [6.45, 7) is 2.88. The smallest absolute Gasteiger partial charge is 0.334 e. The fraction of sp³-hybridized carbons (Fsp3) is 0.467. The Balaban J connectivity index is 1.93. The molecule has 108 valence electrons. The van der Waals surface area contributed by atoms with Crippen molar-refractivity contribution < 1.29 is 19.4 Å². The van der Waals surface area contributed by atoms with Gasteiger partial charge in [0.05, 0.1) is 13.2 Å². The Kier molecular flexibility index (Phi) is 4.74. The molecule has 1 aliphatic rings. The van der Waals surface area contributed by atoms with Gasteiger partial charge in [-0.25, -0.2) is 4.79 Å². The van der Waals surface area contributed by atoms with Gasteiger partial charge in [0.2, 0.25) is 5.91 Å². The van der Waals surface area contributed by atoms with Crippen LogP contribution in [-0.2, 0) is 14.3 Å². The number of nitrogens with zero attached hydrogens (tertiary/aromatic N) is 1. The summed E-state index contributed by atoms with van der Waals surface area (Å²) in [5, 5.41) is 8.93. The summed E-state index contributed by atoms with van der Waals surface area (Å²) in [6, 6.07) is 9.84. The number of carbonyl (C=O) groups excluding carboxylic acids is 1. The predicted molar refractivity (Wildman–Crippen MR) is 73.4 cm³/mol. The van der Waals surface area contributed by atoms with Crippen LogP contribution in [0, 0.1) is 0 Å². The molecule has 1 aromatic rings. The zero-order chi connectivity index (χ0) is 14.5. The van der Waals surface area contributed by atoms with Crippen molar-refractivity contribution >= 4 is 11.9 Å². The second-order valence-electron chi connectivity index (χ2n) is 5.05. The first-order valence-corrected chi connectivity index (χ1v) is 6.75. The third-order valence-corrected chi connectivity index (χ3v) is 3.54. The maximum absolute atomic E-state index is 12.2. The number of ether oxygens (including phenoxy) is 1. The van der Waals surface area contributed by atoms with Crippen LogP contribution in [0.3, 0.4) is 0 Å². The van der Waals surface area contributed by atoms with Crippen LogP contribution in [0.2, 0.25) is 0 Å². The molecule has 0 aliphatic carbocycles. The summed E-state index contributed by atoms with van der Waals surface area (Å²) in [5.74, 6) is -0.913. The number of carboxylic acid groups (broad SMARTS) is 1. The zero-order valence-corrected chi connectivity index (χ0v) is 11.5. The minimum atomic E-state index is -1.02. The van der Waals surface area contributed by atoms with Gasteiger partial charge in [0, 0.05) is 13.0 Å². The van der Waals surface area contributed by atoms with Crippen molar-refractivity contribution in [3.8, 4) is 0 Å². The monoisotopic (exact) mass is 277 g/mol. The first-order chi connectivity index (χ1) is 9.58. The molecule has 0 spiro atoms. The maximum Gasteiger partial charge on any atom is 0.334 e. The van der Waals surface area contributed by atoms with Crippen molar-refractivity contribution in [1.29, 1.82) is 0 Å². The maximum atomic E-state index is 12.2. The molecule has 1 aromatic carbocycles. The average molecular weight is 277 g/mol. The minimum Gasteiger partial charge on any atom is -0.479 e. The number of benzene rings is 1. The Morgan fingerprint density at radius 3 is 2.75 bits per heavy atom. The summed E-state index contributed by atoms with van der Waals surface area (Å²) in [5.41, 5.74) is 1.11. The van der Waals surface area contributed by atoms with Gasteiger partial charge in [-0.2, -0.15) is 0 Å². The van der Waals surface area contributed by atoms with E-state index >= 15 is 0 Å². The molecular formula is C15H19NO4. The van der Waals surface area contributed by atoms with E-state index in [4.69, 9.17) is 9.84 Å². The standard InChI is InChI=1S/C15H19NO4/c1-11(12-5-3-2-4-6-12)9-14(17)16-7-8-20-13(10-16)15(18)19/h2-6,11,13H,7-10H2,1H3,(H,18,19). The fourth-order valence-corrected chi connectivity index (χ4v) is 2.32. The molecule has 1 N–H and O–H groups in total. The van der Waals surface area contributed by atoms with E-state index in [2.05, 4.69) is 0 Å². The first kappa shape index (κ1) is 14.5. The van der Waals surface area contributed by atoms with Crippen LogP contribution in [-0.4, -0.2) is 47.7 Å². The summed E-state index contributed by atoms with van der Waals surface area (Å²) >= 11 is 0. The molecule has 1 aliphatic heterocycles. The third-order valence-electron chi connectivity index (χ3n) is 3.54. The van der Waals surface area contributed by atoms with Crippen molar-refractivity contribution in [3.05, 3.63) is 35.9 Å². The van der Waals surface area contributed by atoms with Crippen molar-refractivity contribution in [1.82, 2.24) is 4.90 Å². The Labute approximate surface area is 118 Å². The average Bonchev–Trinajstić information content (AvgIpc) is 2.48. The van der Waals surface area contributed by atoms with Crippen molar-refractivity contribution in [2.45, 2.75) is 25.4 Å². The van der Waals surface area contributed by atoms with Crippen LogP contribution in [0.15, 0.2) is 30.3 Å². The fourth-order valence-electron chi connectivity index (χ4n) is 2.32. The van der Waals surface area contributed by atoms with Crippen LogP contribution < -0.4 is 0 Å². The highest BCUT2D eigenvalue weighted by atomic mass is 16.5. The molecular weight excluding hydrogens is 258 g/mol. The lowest BCUT2D eigenvalue weighted by atomic mass is 9.97. The lowest BCUT2D eigenvalue weighted by Gasteiger charge is -2.31. The predicted octanol–water partition coefficient (Wildman–Crippen LogP) is 1.49. The Hall–Kier alpha value is -1.88. The Bertz CT molecular complexity index is 474. The van der Waals surface area contributed by atoms with Crippen molar-refractivity contribution in [3.63, 3.8) is 0 Å². The highest BCUT2D eigenvalue weighted by Crippen LogP contribution is 2.20. The van der Waals surface area contributed by atoms with Crippen molar-refractivity contribution in [2.75, 3.05) is 19.7 Å². The molecule has 1 heterocycles. The van der Waals surface area contributed by atoms with Crippen molar-refractivity contribution in [2.24, 2.45) is 0 Å². The number of aliphatic carboxylic acids is 1. The van der Waals surface area contributed by atoms with Crippen LogP contribution in [0.5, 0.6) is 0 Å². The molecule has 1 saturated heterocycles. The molecule has 0 aromatic heterocycles. The molecule has 2 unspecified atom stereocenters. The van der Waals surface area contributed by atoms with Crippen LogP contribution in [0.25, 0.3) is 0 Å². The molecule has 5 heteroatoms. The minimum absolute atomic E-state index is 0.0177. The summed E-state index contributed by atoms with van der Waals surface area (Å²) in [7, 11) is 0. The number of morpholine rings is 1. The van der Waals surface area contributed by atoms with E-state index in [1.807, 2.05) is 37.3 Å². The highest BCUT2D eigenvalue weighted by molar-refractivity contribution is 5.79. The van der Waals surface area contributed by atoms with E-state index < -0.39 is 12.1 Å². The molecule has 2 atom stereocenters. The van der Waals surface area contributed by atoms with E-state index in [0.717, 1.165) is 5.56 Å². The number of rotatable bonds is 4. The largest absolute Gasteiger partial charge is 0.479 e.